The summed E-state index contributed by atoms with van der Waals surface area (Å²) >= 11 is 12.8. The number of hydrogen-bond acceptors (Lipinski definition) is 6. The zero-order valence-corrected chi connectivity index (χ0v) is 25.6. The zero-order valence-electron chi connectivity index (χ0n) is 23.3. The fourth-order valence-corrected chi connectivity index (χ4v) is 6.00. The molecular weight excluding hydrogens is 589 g/mol. The van der Waals surface area contributed by atoms with Crippen molar-refractivity contribution < 1.29 is 27.5 Å². The van der Waals surface area contributed by atoms with Crippen molar-refractivity contribution in [3.63, 3.8) is 0 Å². The first-order chi connectivity index (χ1) is 19.5. The molecule has 0 aromatic heterocycles. The molecule has 0 fully saturated rings. The minimum absolute atomic E-state index is 0.0166. The van der Waals surface area contributed by atoms with Gasteiger partial charge in [0.15, 0.2) is 11.5 Å². The number of carbonyl (C=O) groups is 2. The molecule has 12 heteroatoms. The first kappa shape index (κ1) is 32.0. The molecule has 220 valence electrons. The number of sulfonamides is 1. The molecule has 2 amide bonds. The fraction of sp³-hybridized carbons (Fsp3) is 0.310. The van der Waals surface area contributed by atoms with Crippen LogP contribution in [0.5, 0.6) is 11.5 Å². The van der Waals surface area contributed by atoms with Crippen molar-refractivity contribution in [3.8, 4) is 11.5 Å². The summed E-state index contributed by atoms with van der Waals surface area (Å²) in [6.07, 6.45) is 0.700. The van der Waals surface area contributed by atoms with Gasteiger partial charge in [-0.2, -0.15) is 0 Å². The van der Waals surface area contributed by atoms with Crippen LogP contribution in [0.25, 0.3) is 0 Å². The van der Waals surface area contributed by atoms with Crippen molar-refractivity contribution in [1.29, 1.82) is 0 Å². The molecule has 0 aliphatic heterocycles. The van der Waals surface area contributed by atoms with Gasteiger partial charge in [-0.1, -0.05) is 54.4 Å². The quantitative estimate of drug-likeness (QED) is 0.283. The number of amides is 2. The van der Waals surface area contributed by atoms with E-state index in [0.29, 0.717) is 34.3 Å². The number of benzene rings is 3. The van der Waals surface area contributed by atoms with E-state index in [9.17, 15) is 18.0 Å². The van der Waals surface area contributed by atoms with E-state index in [-0.39, 0.29) is 22.9 Å². The number of carbonyl (C=O) groups excluding carboxylic acids is 2. The van der Waals surface area contributed by atoms with Crippen LogP contribution < -0.4 is 19.1 Å². The molecule has 0 saturated heterocycles. The Morgan fingerprint density at radius 2 is 1.56 bits per heavy atom. The fourth-order valence-electron chi connectivity index (χ4n) is 4.06. The summed E-state index contributed by atoms with van der Waals surface area (Å²) in [6.45, 7) is 3.15. The van der Waals surface area contributed by atoms with Crippen molar-refractivity contribution in [3.05, 3.63) is 82.3 Å². The molecule has 0 aliphatic rings. The second-order valence-electron chi connectivity index (χ2n) is 9.05. The van der Waals surface area contributed by atoms with Crippen LogP contribution in [0.1, 0.15) is 25.8 Å². The van der Waals surface area contributed by atoms with E-state index in [1.807, 2.05) is 6.92 Å². The number of halogens is 2. The van der Waals surface area contributed by atoms with Crippen molar-refractivity contribution in [2.75, 3.05) is 31.6 Å². The van der Waals surface area contributed by atoms with Crippen LogP contribution in [0.15, 0.2) is 71.6 Å². The standard InChI is InChI=1S/C29H33Cl2N3O6S/c1-5-16-32-29(36)20(2)33(18-23-24(30)12-9-13-25(23)31)28(35)19-34(41(37,38)22-10-7-6-8-11-22)21-14-15-26(39-3)27(17-21)40-4/h6-15,17,20H,5,16,18-19H2,1-4H3,(H,32,36). The number of hydrogen-bond donors (Lipinski definition) is 1. The molecule has 0 bridgehead atoms. The molecule has 1 atom stereocenters. The van der Waals surface area contributed by atoms with Crippen LogP contribution in [-0.2, 0) is 26.2 Å². The molecular formula is C29H33Cl2N3O6S. The number of methoxy groups -OCH3 is 2. The van der Waals surface area contributed by atoms with E-state index in [4.69, 9.17) is 32.7 Å². The lowest BCUT2D eigenvalue weighted by Crippen LogP contribution is -2.51. The Labute approximate surface area is 251 Å². The molecule has 9 nitrogen and oxygen atoms in total. The van der Waals surface area contributed by atoms with E-state index >= 15 is 0 Å². The van der Waals surface area contributed by atoms with Gasteiger partial charge in [-0.05, 0) is 49.7 Å². The van der Waals surface area contributed by atoms with Crippen LogP contribution >= 0.6 is 23.2 Å². The second kappa shape index (κ2) is 14.4. The van der Waals surface area contributed by atoms with Gasteiger partial charge < -0.3 is 19.7 Å². The predicted molar refractivity (Wildman–Crippen MR) is 160 cm³/mol. The maximum Gasteiger partial charge on any atom is 0.264 e. The van der Waals surface area contributed by atoms with Gasteiger partial charge in [-0.25, -0.2) is 8.42 Å². The molecule has 3 rings (SSSR count). The van der Waals surface area contributed by atoms with E-state index in [0.717, 1.165) is 4.31 Å². The third-order valence-electron chi connectivity index (χ3n) is 6.37. The molecule has 0 heterocycles. The predicted octanol–water partition coefficient (Wildman–Crippen LogP) is 5.15. The van der Waals surface area contributed by atoms with Gasteiger partial charge in [0.2, 0.25) is 11.8 Å². The Bertz CT molecular complexity index is 1450. The lowest BCUT2D eigenvalue weighted by molar-refractivity contribution is -0.139. The summed E-state index contributed by atoms with van der Waals surface area (Å²) in [7, 11) is -1.35. The number of ether oxygens (including phenoxy) is 2. The Kier molecular flexibility index (Phi) is 11.3. The van der Waals surface area contributed by atoms with Crippen LogP contribution in [0.3, 0.4) is 0 Å². The Balaban J connectivity index is 2.10. The molecule has 41 heavy (non-hydrogen) atoms. The van der Waals surface area contributed by atoms with Crippen molar-refractivity contribution >= 4 is 50.7 Å². The van der Waals surface area contributed by atoms with Crippen molar-refractivity contribution in [1.82, 2.24) is 10.2 Å². The number of nitrogens with zero attached hydrogens (tertiary/aromatic N) is 2. The topological polar surface area (TPSA) is 105 Å². The van der Waals surface area contributed by atoms with Crippen LogP contribution in [0.4, 0.5) is 5.69 Å². The summed E-state index contributed by atoms with van der Waals surface area (Å²) in [6, 6.07) is 16.3. The molecule has 3 aromatic rings. The number of anilines is 1. The highest BCUT2D eigenvalue weighted by Gasteiger charge is 2.33. The summed E-state index contributed by atoms with van der Waals surface area (Å²) in [4.78, 5) is 28.3. The largest absolute Gasteiger partial charge is 0.493 e. The normalized spacial score (nSPS) is 11.9. The average Bonchev–Trinajstić information content (AvgIpc) is 2.98. The highest BCUT2D eigenvalue weighted by molar-refractivity contribution is 7.92. The average molecular weight is 623 g/mol. The maximum atomic E-state index is 14.0. The van der Waals surface area contributed by atoms with Gasteiger partial charge in [-0.3, -0.25) is 13.9 Å². The zero-order chi connectivity index (χ0) is 30.2. The van der Waals surface area contributed by atoms with Gasteiger partial charge in [0.1, 0.15) is 12.6 Å². The minimum Gasteiger partial charge on any atom is -0.493 e. The molecule has 0 spiro atoms. The van der Waals surface area contributed by atoms with Crippen molar-refractivity contribution in [2.45, 2.75) is 37.8 Å². The first-order valence-electron chi connectivity index (χ1n) is 12.8. The third-order valence-corrected chi connectivity index (χ3v) is 8.87. The Morgan fingerprint density at radius 1 is 0.927 bits per heavy atom. The van der Waals surface area contributed by atoms with E-state index in [1.54, 1.807) is 49.4 Å². The van der Waals surface area contributed by atoms with Crippen LogP contribution in [0.2, 0.25) is 10.0 Å². The monoisotopic (exact) mass is 621 g/mol. The SMILES string of the molecule is CCCNC(=O)C(C)N(Cc1c(Cl)cccc1Cl)C(=O)CN(c1ccc(OC)c(OC)c1)S(=O)(=O)c1ccccc1. The Morgan fingerprint density at radius 3 is 2.15 bits per heavy atom. The maximum absolute atomic E-state index is 14.0. The van der Waals surface area contributed by atoms with Gasteiger partial charge in [0.25, 0.3) is 10.0 Å². The molecule has 1 N–H and O–H groups in total. The lowest BCUT2D eigenvalue weighted by Gasteiger charge is -2.32. The van der Waals surface area contributed by atoms with Crippen LogP contribution in [-0.4, -0.2) is 58.5 Å². The molecule has 1 unspecified atom stereocenters. The summed E-state index contributed by atoms with van der Waals surface area (Å²) in [5, 5.41) is 3.41. The second-order valence-corrected chi connectivity index (χ2v) is 11.7. The van der Waals surface area contributed by atoms with Gasteiger partial charge in [0.05, 0.1) is 24.8 Å². The third kappa shape index (κ3) is 7.63. The molecule has 3 aromatic carbocycles. The van der Waals surface area contributed by atoms with Crippen LogP contribution in [0, 0.1) is 0 Å². The number of nitrogens with one attached hydrogen (secondary N) is 1. The molecule has 0 saturated carbocycles. The molecule has 0 aliphatic carbocycles. The molecule has 0 radical (unpaired) electrons. The van der Waals surface area contributed by atoms with E-state index in [1.165, 1.54) is 43.4 Å². The van der Waals surface area contributed by atoms with E-state index < -0.39 is 34.4 Å². The number of rotatable bonds is 13. The summed E-state index contributed by atoms with van der Waals surface area (Å²) in [5.41, 5.74) is 0.599. The summed E-state index contributed by atoms with van der Waals surface area (Å²) < 4.78 is 39.5. The lowest BCUT2D eigenvalue weighted by atomic mass is 10.1. The smallest absolute Gasteiger partial charge is 0.264 e. The van der Waals surface area contributed by atoms with Crippen molar-refractivity contribution in [2.24, 2.45) is 0 Å². The van der Waals surface area contributed by atoms with E-state index in [2.05, 4.69) is 5.32 Å². The van der Waals surface area contributed by atoms with Gasteiger partial charge >= 0.3 is 0 Å². The first-order valence-corrected chi connectivity index (χ1v) is 15.0. The minimum atomic E-state index is -4.24. The highest BCUT2D eigenvalue weighted by Crippen LogP contribution is 2.34. The summed E-state index contributed by atoms with van der Waals surface area (Å²) in [5.74, 6) is -0.380. The van der Waals surface area contributed by atoms with Gasteiger partial charge in [0, 0.05) is 34.8 Å². The highest BCUT2D eigenvalue weighted by atomic mass is 35.5. The van der Waals surface area contributed by atoms with Gasteiger partial charge in [-0.15, -0.1) is 0 Å². The Hall–Kier alpha value is -3.47.